The molecule has 2 rings (SSSR count). The summed E-state index contributed by atoms with van der Waals surface area (Å²) < 4.78 is 5.59. The van der Waals surface area contributed by atoms with Gasteiger partial charge in [-0.1, -0.05) is 6.07 Å². The number of ether oxygens (including phenoxy) is 1. The highest BCUT2D eigenvalue weighted by atomic mass is 16.5. The highest BCUT2D eigenvalue weighted by Gasteiger charge is 2.28. The van der Waals surface area contributed by atoms with Gasteiger partial charge in [0.05, 0.1) is 6.61 Å². The van der Waals surface area contributed by atoms with Crippen LogP contribution < -0.4 is 10.1 Å². The molecule has 24 heavy (non-hydrogen) atoms. The molecule has 1 aromatic rings. The van der Waals surface area contributed by atoms with Crippen LogP contribution in [0.1, 0.15) is 43.5 Å². The molecule has 2 atom stereocenters. The number of benzene rings is 1. The monoisotopic (exact) mass is 334 g/mol. The summed E-state index contributed by atoms with van der Waals surface area (Å²) in [5.74, 6) is 0.182. The zero-order valence-electron chi connectivity index (χ0n) is 14.3. The van der Waals surface area contributed by atoms with Crippen molar-refractivity contribution in [2.45, 2.75) is 45.2 Å². The van der Waals surface area contributed by atoms with Crippen LogP contribution in [0.3, 0.4) is 0 Å². The standard InChI is InChI=1S/C18H26N2O4/c1-13-5-3-6-14(2)20(13)17(22)12-24-16-8-4-7-15(11-16)18(23)19-9-10-21/h4,7-8,11,13-14,21H,3,5-6,9-10,12H2,1-2H3,(H,19,23). The first-order chi connectivity index (χ1) is 11.5. The summed E-state index contributed by atoms with van der Waals surface area (Å²) in [5, 5.41) is 11.3. The molecule has 0 aliphatic carbocycles. The summed E-state index contributed by atoms with van der Waals surface area (Å²) in [6.45, 7) is 4.20. The van der Waals surface area contributed by atoms with Gasteiger partial charge in [-0.2, -0.15) is 0 Å². The first kappa shape index (κ1) is 18.3. The van der Waals surface area contributed by atoms with E-state index in [9.17, 15) is 9.59 Å². The molecular weight excluding hydrogens is 308 g/mol. The maximum absolute atomic E-state index is 12.4. The van der Waals surface area contributed by atoms with E-state index in [0.29, 0.717) is 11.3 Å². The first-order valence-corrected chi connectivity index (χ1v) is 8.46. The third kappa shape index (κ3) is 4.71. The molecule has 1 heterocycles. The second-order valence-corrected chi connectivity index (χ2v) is 6.23. The van der Waals surface area contributed by atoms with E-state index in [1.54, 1.807) is 24.3 Å². The average molecular weight is 334 g/mol. The molecule has 0 radical (unpaired) electrons. The average Bonchev–Trinajstić information content (AvgIpc) is 2.58. The Morgan fingerprint density at radius 3 is 2.67 bits per heavy atom. The summed E-state index contributed by atoms with van der Waals surface area (Å²) in [7, 11) is 0. The predicted octanol–water partition coefficient (Wildman–Crippen LogP) is 1.58. The highest BCUT2D eigenvalue weighted by molar-refractivity contribution is 5.94. The molecule has 132 valence electrons. The molecule has 0 spiro atoms. The Morgan fingerprint density at radius 1 is 1.29 bits per heavy atom. The van der Waals surface area contributed by atoms with Crippen molar-refractivity contribution in [3.8, 4) is 5.75 Å². The zero-order valence-corrected chi connectivity index (χ0v) is 14.3. The number of aliphatic hydroxyl groups is 1. The van der Waals surface area contributed by atoms with Crippen LogP contribution in [-0.4, -0.2) is 53.7 Å². The second-order valence-electron chi connectivity index (χ2n) is 6.23. The Morgan fingerprint density at radius 2 is 2.00 bits per heavy atom. The number of hydrogen-bond acceptors (Lipinski definition) is 4. The van der Waals surface area contributed by atoms with Crippen molar-refractivity contribution < 1.29 is 19.4 Å². The van der Waals surface area contributed by atoms with E-state index >= 15 is 0 Å². The molecule has 2 unspecified atom stereocenters. The quantitative estimate of drug-likeness (QED) is 0.828. The van der Waals surface area contributed by atoms with Crippen molar-refractivity contribution in [2.75, 3.05) is 19.8 Å². The molecule has 0 bridgehead atoms. The van der Waals surface area contributed by atoms with E-state index in [1.165, 1.54) is 0 Å². The summed E-state index contributed by atoms with van der Waals surface area (Å²) in [4.78, 5) is 26.2. The predicted molar refractivity (Wildman–Crippen MR) is 91.0 cm³/mol. The van der Waals surface area contributed by atoms with Gasteiger partial charge in [-0.05, 0) is 51.3 Å². The molecular formula is C18H26N2O4. The van der Waals surface area contributed by atoms with Crippen molar-refractivity contribution >= 4 is 11.8 Å². The summed E-state index contributed by atoms with van der Waals surface area (Å²) in [6.07, 6.45) is 3.20. The first-order valence-electron chi connectivity index (χ1n) is 8.46. The van der Waals surface area contributed by atoms with Crippen LogP contribution in [0.15, 0.2) is 24.3 Å². The van der Waals surface area contributed by atoms with Crippen LogP contribution in [0, 0.1) is 0 Å². The fourth-order valence-corrected chi connectivity index (χ4v) is 3.13. The van der Waals surface area contributed by atoms with Gasteiger partial charge in [-0.25, -0.2) is 0 Å². The summed E-state index contributed by atoms with van der Waals surface area (Å²) >= 11 is 0. The topological polar surface area (TPSA) is 78.9 Å². The number of carbonyl (C=O) groups excluding carboxylic acids is 2. The number of nitrogens with zero attached hydrogens (tertiary/aromatic N) is 1. The Labute approximate surface area is 142 Å². The number of likely N-dealkylation sites (tertiary alicyclic amines) is 1. The van der Waals surface area contributed by atoms with Gasteiger partial charge >= 0.3 is 0 Å². The van der Waals surface area contributed by atoms with Crippen LogP contribution in [0.4, 0.5) is 0 Å². The van der Waals surface area contributed by atoms with Crippen LogP contribution in [0.5, 0.6) is 5.75 Å². The van der Waals surface area contributed by atoms with Crippen LogP contribution in [0.2, 0.25) is 0 Å². The lowest BCUT2D eigenvalue weighted by Crippen LogP contribution is -2.49. The van der Waals surface area contributed by atoms with Gasteiger partial charge in [0.2, 0.25) is 0 Å². The second kappa shape index (κ2) is 8.68. The maximum atomic E-state index is 12.4. The molecule has 6 nitrogen and oxygen atoms in total. The SMILES string of the molecule is CC1CCCC(C)N1C(=O)COc1cccc(C(=O)NCCO)c1. The van der Waals surface area contributed by atoms with Gasteiger partial charge in [0.15, 0.2) is 6.61 Å². The number of nitrogens with one attached hydrogen (secondary N) is 1. The van der Waals surface area contributed by atoms with E-state index in [4.69, 9.17) is 9.84 Å². The molecule has 0 saturated carbocycles. The largest absolute Gasteiger partial charge is 0.484 e. The molecule has 0 aromatic heterocycles. The van der Waals surface area contributed by atoms with E-state index in [2.05, 4.69) is 19.2 Å². The van der Waals surface area contributed by atoms with Crippen LogP contribution >= 0.6 is 0 Å². The molecule has 6 heteroatoms. The van der Waals surface area contributed by atoms with Crippen molar-refractivity contribution in [3.05, 3.63) is 29.8 Å². The fourth-order valence-electron chi connectivity index (χ4n) is 3.13. The van der Waals surface area contributed by atoms with Gasteiger partial charge in [0.25, 0.3) is 11.8 Å². The van der Waals surface area contributed by atoms with E-state index in [0.717, 1.165) is 19.3 Å². The van der Waals surface area contributed by atoms with Crippen molar-refractivity contribution in [2.24, 2.45) is 0 Å². The number of carbonyl (C=O) groups is 2. The Kier molecular flexibility index (Phi) is 6.61. The Balaban J connectivity index is 1.94. The van der Waals surface area contributed by atoms with Gasteiger partial charge in [0.1, 0.15) is 5.75 Å². The number of rotatable bonds is 6. The molecule has 1 fully saturated rings. The van der Waals surface area contributed by atoms with Gasteiger partial charge in [0, 0.05) is 24.2 Å². The lowest BCUT2D eigenvalue weighted by Gasteiger charge is -2.38. The smallest absolute Gasteiger partial charge is 0.260 e. The summed E-state index contributed by atoms with van der Waals surface area (Å²) in [6, 6.07) is 7.17. The van der Waals surface area contributed by atoms with Gasteiger partial charge in [-0.3, -0.25) is 9.59 Å². The number of hydrogen-bond donors (Lipinski definition) is 2. The van der Waals surface area contributed by atoms with Crippen molar-refractivity contribution in [1.29, 1.82) is 0 Å². The van der Waals surface area contributed by atoms with Gasteiger partial charge < -0.3 is 20.1 Å². The Bertz CT molecular complexity index is 566. The van der Waals surface area contributed by atoms with E-state index in [1.807, 2.05) is 4.90 Å². The minimum atomic E-state index is -0.279. The van der Waals surface area contributed by atoms with E-state index < -0.39 is 0 Å². The number of piperidine rings is 1. The minimum Gasteiger partial charge on any atom is -0.484 e. The zero-order chi connectivity index (χ0) is 17.5. The molecule has 1 aromatic carbocycles. The molecule has 1 aliphatic heterocycles. The third-order valence-corrected chi connectivity index (χ3v) is 4.34. The van der Waals surface area contributed by atoms with Crippen molar-refractivity contribution in [1.82, 2.24) is 10.2 Å². The van der Waals surface area contributed by atoms with Crippen LogP contribution in [-0.2, 0) is 4.79 Å². The maximum Gasteiger partial charge on any atom is 0.260 e. The molecule has 2 N–H and O–H groups in total. The Hall–Kier alpha value is -2.08. The highest BCUT2D eigenvalue weighted by Crippen LogP contribution is 2.23. The fraction of sp³-hybridized carbons (Fsp3) is 0.556. The number of aliphatic hydroxyl groups excluding tert-OH is 1. The van der Waals surface area contributed by atoms with Crippen LogP contribution in [0.25, 0.3) is 0 Å². The normalized spacial score (nSPS) is 20.5. The molecule has 2 amide bonds. The molecule has 1 aliphatic rings. The third-order valence-electron chi connectivity index (χ3n) is 4.34. The summed E-state index contributed by atoms with van der Waals surface area (Å²) in [5.41, 5.74) is 0.438. The van der Waals surface area contributed by atoms with E-state index in [-0.39, 0.29) is 43.7 Å². The van der Waals surface area contributed by atoms with Crippen molar-refractivity contribution in [3.63, 3.8) is 0 Å². The lowest BCUT2D eigenvalue weighted by atomic mass is 9.97. The van der Waals surface area contributed by atoms with Gasteiger partial charge in [-0.15, -0.1) is 0 Å². The minimum absolute atomic E-state index is 0.0233. The number of amides is 2. The lowest BCUT2D eigenvalue weighted by molar-refractivity contribution is -0.139. The molecule has 1 saturated heterocycles.